The van der Waals surface area contributed by atoms with E-state index in [-0.39, 0.29) is 4.90 Å². The molecule has 1 aliphatic carbocycles. The van der Waals surface area contributed by atoms with Crippen molar-refractivity contribution in [1.82, 2.24) is 10.0 Å². The van der Waals surface area contributed by atoms with Gasteiger partial charge in [-0.15, -0.1) is 0 Å². The maximum absolute atomic E-state index is 13.4. The third-order valence-corrected chi connectivity index (χ3v) is 5.49. The highest BCUT2D eigenvalue weighted by molar-refractivity contribution is 7.89. The summed E-state index contributed by atoms with van der Waals surface area (Å²) in [7, 11) is -1.98. The zero-order chi connectivity index (χ0) is 14.8. The van der Waals surface area contributed by atoms with Gasteiger partial charge in [0.25, 0.3) is 0 Å². The Hall–Kier alpha value is -0.980. The first-order valence-electron chi connectivity index (χ1n) is 6.83. The Labute approximate surface area is 119 Å². The zero-order valence-corrected chi connectivity index (χ0v) is 12.7. The molecule has 112 valence electrons. The Morgan fingerprint density at radius 3 is 2.55 bits per heavy atom. The quantitative estimate of drug-likeness (QED) is 0.876. The van der Waals surface area contributed by atoms with E-state index in [1.165, 1.54) is 12.1 Å². The van der Waals surface area contributed by atoms with Crippen molar-refractivity contribution in [2.75, 3.05) is 7.05 Å². The number of nitrogens with one attached hydrogen (secondary N) is 2. The Morgan fingerprint density at radius 2 is 1.95 bits per heavy atom. The van der Waals surface area contributed by atoms with Gasteiger partial charge < -0.3 is 5.32 Å². The molecule has 20 heavy (non-hydrogen) atoms. The van der Waals surface area contributed by atoms with Gasteiger partial charge in [-0.25, -0.2) is 17.5 Å². The molecule has 4 nitrogen and oxygen atoms in total. The van der Waals surface area contributed by atoms with E-state index in [4.69, 9.17) is 0 Å². The van der Waals surface area contributed by atoms with E-state index in [2.05, 4.69) is 10.0 Å². The van der Waals surface area contributed by atoms with Gasteiger partial charge in [-0.3, -0.25) is 0 Å². The highest BCUT2D eigenvalue weighted by Gasteiger charge is 2.34. The lowest BCUT2D eigenvalue weighted by atomic mass is 10.0. The molecule has 0 amide bonds. The van der Waals surface area contributed by atoms with Crippen LogP contribution < -0.4 is 10.0 Å². The van der Waals surface area contributed by atoms with Crippen LogP contribution in [0.1, 0.15) is 38.2 Å². The molecule has 0 spiro atoms. The van der Waals surface area contributed by atoms with Crippen LogP contribution in [0.25, 0.3) is 0 Å². The molecule has 2 N–H and O–H groups in total. The molecule has 0 heterocycles. The molecule has 0 aromatic heterocycles. The van der Waals surface area contributed by atoms with Crippen molar-refractivity contribution >= 4 is 10.0 Å². The van der Waals surface area contributed by atoms with Crippen molar-refractivity contribution < 1.29 is 12.8 Å². The van der Waals surface area contributed by atoms with Crippen molar-refractivity contribution in [2.24, 2.45) is 0 Å². The summed E-state index contributed by atoms with van der Waals surface area (Å²) in [4.78, 5) is 0.0278. The van der Waals surface area contributed by atoms with Gasteiger partial charge in [-0.2, -0.15) is 0 Å². The number of halogens is 1. The average Bonchev–Trinajstić information content (AvgIpc) is 2.77. The first-order chi connectivity index (χ1) is 9.36. The van der Waals surface area contributed by atoms with Gasteiger partial charge in [0.1, 0.15) is 5.82 Å². The number of hydrogen-bond donors (Lipinski definition) is 2. The molecule has 1 saturated carbocycles. The van der Waals surface area contributed by atoms with Crippen molar-refractivity contribution in [3.63, 3.8) is 0 Å². The van der Waals surface area contributed by atoms with Gasteiger partial charge in [-0.05, 0) is 44.5 Å². The highest BCUT2D eigenvalue weighted by Crippen LogP contribution is 2.31. The Morgan fingerprint density at radius 1 is 1.30 bits per heavy atom. The van der Waals surface area contributed by atoms with Crippen molar-refractivity contribution in [3.8, 4) is 0 Å². The summed E-state index contributed by atoms with van der Waals surface area (Å²) in [6.45, 7) is 2.29. The molecule has 1 fully saturated rings. The van der Waals surface area contributed by atoms with Crippen LogP contribution in [0.5, 0.6) is 0 Å². The molecule has 1 aliphatic rings. The Kier molecular flexibility index (Phi) is 4.46. The fourth-order valence-electron chi connectivity index (χ4n) is 2.75. The number of sulfonamides is 1. The first kappa shape index (κ1) is 15.4. The third kappa shape index (κ3) is 3.37. The molecule has 0 bridgehead atoms. The SMILES string of the molecule is CNCc1ccc(F)cc1S(=O)(=O)NC1(C)CCCC1. The van der Waals surface area contributed by atoms with E-state index in [0.717, 1.165) is 31.7 Å². The minimum atomic E-state index is -3.71. The van der Waals surface area contributed by atoms with E-state index >= 15 is 0 Å². The van der Waals surface area contributed by atoms with E-state index in [9.17, 15) is 12.8 Å². The van der Waals surface area contributed by atoms with Crippen LogP contribution in [0.15, 0.2) is 23.1 Å². The van der Waals surface area contributed by atoms with Crippen molar-refractivity contribution in [3.05, 3.63) is 29.6 Å². The summed E-state index contributed by atoms with van der Waals surface area (Å²) in [6.07, 6.45) is 3.68. The van der Waals surface area contributed by atoms with Crippen molar-refractivity contribution in [1.29, 1.82) is 0 Å². The number of benzene rings is 1. The summed E-state index contributed by atoms with van der Waals surface area (Å²) in [6, 6.07) is 3.88. The van der Waals surface area contributed by atoms with Gasteiger partial charge in [0, 0.05) is 12.1 Å². The highest BCUT2D eigenvalue weighted by atomic mass is 32.2. The van der Waals surface area contributed by atoms with Crippen LogP contribution in [0.3, 0.4) is 0 Å². The average molecular weight is 300 g/mol. The molecule has 0 radical (unpaired) electrons. The largest absolute Gasteiger partial charge is 0.316 e. The van der Waals surface area contributed by atoms with Gasteiger partial charge in [-0.1, -0.05) is 18.9 Å². The van der Waals surface area contributed by atoms with Crippen LogP contribution in [0.2, 0.25) is 0 Å². The second-order valence-electron chi connectivity index (χ2n) is 5.66. The van der Waals surface area contributed by atoms with Crippen LogP contribution in [-0.4, -0.2) is 21.0 Å². The summed E-state index contributed by atoms with van der Waals surface area (Å²) >= 11 is 0. The standard InChI is InChI=1S/C14H21FN2O2S/c1-14(7-3-4-8-14)17-20(18,19)13-9-12(15)6-5-11(13)10-16-2/h5-6,9,16-17H,3-4,7-8,10H2,1-2H3. The molecule has 1 aromatic rings. The van der Waals surface area contributed by atoms with E-state index in [0.29, 0.717) is 12.1 Å². The molecule has 0 atom stereocenters. The fourth-order valence-corrected chi connectivity index (χ4v) is 4.47. The lowest BCUT2D eigenvalue weighted by Gasteiger charge is -2.25. The topological polar surface area (TPSA) is 58.2 Å². The predicted molar refractivity (Wildman–Crippen MR) is 76.4 cm³/mol. The van der Waals surface area contributed by atoms with Crippen LogP contribution in [-0.2, 0) is 16.6 Å². The van der Waals surface area contributed by atoms with Gasteiger partial charge in [0.05, 0.1) is 4.90 Å². The minimum Gasteiger partial charge on any atom is -0.316 e. The third-order valence-electron chi connectivity index (χ3n) is 3.77. The van der Waals surface area contributed by atoms with E-state index in [1.54, 1.807) is 7.05 Å². The molecule has 0 aliphatic heterocycles. The maximum Gasteiger partial charge on any atom is 0.241 e. The number of hydrogen-bond acceptors (Lipinski definition) is 3. The summed E-state index contributed by atoms with van der Waals surface area (Å²) in [5.41, 5.74) is 0.158. The molecule has 1 aromatic carbocycles. The monoisotopic (exact) mass is 300 g/mol. The van der Waals surface area contributed by atoms with E-state index in [1.807, 2.05) is 6.92 Å². The minimum absolute atomic E-state index is 0.0278. The molecule has 6 heteroatoms. The first-order valence-corrected chi connectivity index (χ1v) is 8.32. The predicted octanol–water partition coefficient (Wildman–Crippen LogP) is 2.16. The second kappa shape index (κ2) is 5.79. The summed E-state index contributed by atoms with van der Waals surface area (Å²) in [5.74, 6) is -0.540. The maximum atomic E-state index is 13.4. The molecule has 0 saturated heterocycles. The van der Waals surface area contributed by atoms with Gasteiger partial charge in [0.2, 0.25) is 10.0 Å². The lowest BCUT2D eigenvalue weighted by molar-refractivity contribution is 0.427. The Bertz CT molecular complexity index is 581. The van der Waals surface area contributed by atoms with E-state index < -0.39 is 21.4 Å². The van der Waals surface area contributed by atoms with Crippen LogP contribution in [0, 0.1) is 5.82 Å². The number of rotatable bonds is 5. The molecular weight excluding hydrogens is 279 g/mol. The fraction of sp³-hybridized carbons (Fsp3) is 0.571. The van der Waals surface area contributed by atoms with Gasteiger partial charge in [0.15, 0.2) is 0 Å². The summed E-state index contributed by atoms with van der Waals surface area (Å²) in [5, 5.41) is 2.90. The summed E-state index contributed by atoms with van der Waals surface area (Å²) < 4.78 is 41.2. The second-order valence-corrected chi connectivity index (χ2v) is 7.31. The van der Waals surface area contributed by atoms with Crippen LogP contribution >= 0.6 is 0 Å². The molecule has 2 rings (SSSR count). The lowest BCUT2D eigenvalue weighted by Crippen LogP contribution is -2.43. The van der Waals surface area contributed by atoms with Crippen LogP contribution in [0.4, 0.5) is 4.39 Å². The van der Waals surface area contributed by atoms with Gasteiger partial charge >= 0.3 is 0 Å². The molecular formula is C14H21FN2O2S. The molecule has 0 unspecified atom stereocenters. The normalized spacial score (nSPS) is 18.4. The zero-order valence-electron chi connectivity index (χ0n) is 11.9. The Balaban J connectivity index is 2.35. The van der Waals surface area contributed by atoms with Crippen molar-refractivity contribution in [2.45, 2.75) is 49.6 Å². The smallest absolute Gasteiger partial charge is 0.241 e.